The maximum absolute atomic E-state index is 11.7. The summed E-state index contributed by atoms with van der Waals surface area (Å²) in [6, 6.07) is 15.7. The van der Waals surface area contributed by atoms with Gasteiger partial charge in [0.05, 0.1) is 11.4 Å². The van der Waals surface area contributed by atoms with Crippen molar-refractivity contribution in [2.75, 3.05) is 19.3 Å². The molecule has 5 nitrogen and oxygen atoms in total. The molecule has 0 aliphatic heterocycles. The minimum absolute atomic E-state index is 0. The van der Waals surface area contributed by atoms with E-state index in [1.165, 1.54) is 11.2 Å². The second-order valence-corrected chi connectivity index (χ2v) is 10.2. The quantitative estimate of drug-likeness (QED) is 0.224. The number of sulfone groups is 1. The van der Waals surface area contributed by atoms with Crippen molar-refractivity contribution in [1.29, 1.82) is 0 Å². The molecule has 0 spiro atoms. The van der Waals surface area contributed by atoms with Crippen LogP contribution < -0.4 is 10.6 Å². The van der Waals surface area contributed by atoms with Crippen LogP contribution in [0.5, 0.6) is 0 Å². The molecule has 0 aliphatic rings. The van der Waals surface area contributed by atoms with Crippen molar-refractivity contribution in [2.24, 2.45) is 4.99 Å². The standard InChI is InChI=1S/C21H29N3O2S2.HI/c1-5-22-21(23-14-17(3)27-19-9-7-6-8-10-19)24-15-18-11-12-20(16(2)13-18)28(4,25)26;/h6-13,17H,5,14-15H2,1-4H3,(H2,22,23,24);1H. The Morgan fingerprint density at radius 2 is 1.83 bits per heavy atom. The Bertz CT molecular complexity index is 903. The minimum atomic E-state index is -3.20. The third kappa shape index (κ3) is 8.96. The molecule has 2 aromatic rings. The van der Waals surface area contributed by atoms with Crippen molar-refractivity contribution in [3.8, 4) is 0 Å². The second kappa shape index (κ2) is 12.4. The third-order valence-electron chi connectivity index (χ3n) is 4.04. The van der Waals surface area contributed by atoms with E-state index in [1.807, 2.05) is 55.9 Å². The lowest BCUT2D eigenvalue weighted by Gasteiger charge is -2.16. The lowest BCUT2D eigenvalue weighted by molar-refractivity contribution is 0.601. The van der Waals surface area contributed by atoms with E-state index in [1.54, 1.807) is 6.07 Å². The number of nitrogens with zero attached hydrogens (tertiary/aromatic N) is 1. The predicted molar refractivity (Wildman–Crippen MR) is 134 cm³/mol. The fourth-order valence-corrected chi connectivity index (χ4v) is 4.66. The second-order valence-electron chi connectivity index (χ2n) is 6.69. The molecule has 0 radical (unpaired) electrons. The lowest BCUT2D eigenvalue weighted by Crippen LogP contribution is -2.40. The molecule has 160 valence electrons. The van der Waals surface area contributed by atoms with Gasteiger partial charge < -0.3 is 10.6 Å². The third-order valence-corrected chi connectivity index (χ3v) is 6.41. The van der Waals surface area contributed by atoms with Gasteiger partial charge in [-0.3, -0.25) is 0 Å². The van der Waals surface area contributed by atoms with Gasteiger partial charge in [0.1, 0.15) is 0 Å². The molecule has 0 saturated carbocycles. The summed E-state index contributed by atoms with van der Waals surface area (Å²) in [5, 5.41) is 7.03. The largest absolute Gasteiger partial charge is 0.357 e. The Kier molecular flexibility index (Phi) is 11.1. The van der Waals surface area contributed by atoms with E-state index >= 15 is 0 Å². The van der Waals surface area contributed by atoms with Crippen LogP contribution in [0.25, 0.3) is 0 Å². The van der Waals surface area contributed by atoms with Crippen molar-refractivity contribution in [2.45, 2.75) is 42.4 Å². The zero-order chi connectivity index (χ0) is 20.6. The zero-order valence-corrected chi connectivity index (χ0v) is 21.3. The smallest absolute Gasteiger partial charge is 0.191 e. The summed E-state index contributed by atoms with van der Waals surface area (Å²) in [5.74, 6) is 0.757. The van der Waals surface area contributed by atoms with Crippen LogP contribution >= 0.6 is 35.7 Å². The van der Waals surface area contributed by atoms with E-state index in [0.717, 1.165) is 30.2 Å². The molecular weight excluding hydrogens is 517 g/mol. The molecule has 0 saturated heterocycles. The van der Waals surface area contributed by atoms with E-state index in [2.05, 4.69) is 34.7 Å². The number of hydrogen-bond acceptors (Lipinski definition) is 4. The Morgan fingerprint density at radius 1 is 1.14 bits per heavy atom. The van der Waals surface area contributed by atoms with E-state index in [9.17, 15) is 8.42 Å². The first-order valence-electron chi connectivity index (χ1n) is 9.33. The molecule has 29 heavy (non-hydrogen) atoms. The SMILES string of the molecule is CCNC(=NCc1ccc(S(C)(=O)=O)c(C)c1)NCC(C)Sc1ccccc1.I. The summed E-state index contributed by atoms with van der Waals surface area (Å²) in [7, 11) is -3.20. The maximum Gasteiger partial charge on any atom is 0.191 e. The molecule has 1 unspecified atom stereocenters. The molecule has 1 atom stereocenters. The first-order chi connectivity index (χ1) is 13.3. The van der Waals surface area contributed by atoms with Crippen LogP contribution in [0.15, 0.2) is 63.3 Å². The van der Waals surface area contributed by atoms with Gasteiger partial charge in [-0.2, -0.15) is 0 Å². The number of guanidine groups is 1. The van der Waals surface area contributed by atoms with Crippen LogP contribution in [-0.2, 0) is 16.4 Å². The predicted octanol–water partition coefficient (Wildman–Crippen LogP) is 4.25. The van der Waals surface area contributed by atoms with Gasteiger partial charge in [-0.05, 0) is 43.2 Å². The molecule has 0 amide bonds. The van der Waals surface area contributed by atoms with E-state index in [-0.39, 0.29) is 24.0 Å². The van der Waals surface area contributed by atoms with Crippen molar-refractivity contribution >= 4 is 51.5 Å². The number of aliphatic imine (C=N–C) groups is 1. The molecule has 0 aliphatic carbocycles. The summed E-state index contributed by atoms with van der Waals surface area (Å²) in [5.41, 5.74) is 1.73. The highest BCUT2D eigenvalue weighted by Gasteiger charge is 2.11. The van der Waals surface area contributed by atoms with Gasteiger partial charge in [0, 0.05) is 29.5 Å². The summed E-state index contributed by atoms with van der Waals surface area (Å²) < 4.78 is 23.5. The molecule has 2 aromatic carbocycles. The topological polar surface area (TPSA) is 70.6 Å². The van der Waals surface area contributed by atoms with Gasteiger partial charge in [-0.25, -0.2) is 13.4 Å². The molecule has 8 heteroatoms. The highest BCUT2D eigenvalue weighted by atomic mass is 127. The summed E-state index contributed by atoms with van der Waals surface area (Å²) in [6.07, 6.45) is 1.23. The normalized spacial score (nSPS) is 12.8. The number of halogens is 1. The molecule has 0 aromatic heterocycles. The molecule has 2 rings (SSSR count). The number of hydrogen-bond donors (Lipinski definition) is 2. The van der Waals surface area contributed by atoms with Gasteiger partial charge >= 0.3 is 0 Å². The average Bonchev–Trinajstić information content (AvgIpc) is 2.64. The fourth-order valence-electron chi connectivity index (χ4n) is 2.75. The van der Waals surface area contributed by atoms with Crippen molar-refractivity contribution < 1.29 is 8.42 Å². The molecular formula is C21H30IN3O2S2. The minimum Gasteiger partial charge on any atom is -0.357 e. The van der Waals surface area contributed by atoms with Gasteiger partial charge in [-0.15, -0.1) is 35.7 Å². The van der Waals surface area contributed by atoms with Crippen molar-refractivity contribution in [3.05, 3.63) is 59.7 Å². The summed E-state index contributed by atoms with van der Waals surface area (Å²) in [4.78, 5) is 6.25. The van der Waals surface area contributed by atoms with Crippen molar-refractivity contribution in [3.63, 3.8) is 0 Å². The first-order valence-corrected chi connectivity index (χ1v) is 12.1. The summed E-state index contributed by atoms with van der Waals surface area (Å²) >= 11 is 1.82. The summed E-state index contributed by atoms with van der Waals surface area (Å²) in [6.45, 7) is 8.08. The zero-order valence-electron chi connectivity index (χ0n) is 17.3. The molecule has 0 fully saturated rings. The van der Waals surface area contributed by atoms with Crippen LogP contribution in [0.3, 0.4) is 0 Å². The average molecular weight is 548 g/mol. The highest BCUT2D eigenvalue weighted by molar-refractivity contribution is 14.0. The Morgan fingerprint density at radius 3 is 2.41 bits per heavy atom. The Balaban J connectivity index is 0.00000420. The van der Waals surface area contributed by atoms with Gasteiger partial charge in [-0.1, -0.05) is 37.3 Å². The van der Waals surface area contributed by atoms with Crippen LogP contribution in [-0.4, -0.2) is 39.0 Å². The van der Waals surface area contributed by atoms with E-state index < -0.39 is 9.84 Å². The molecule has 2 N–H and O–H groups in total. The van der Waals surface area contributed by atoms with Crippen LogP contribution in [0.2, 0.25) is 0 Å². The lowest BCUT2D eigenvalue weighted by atomic mass is 10.1. The highest BCUT2D eigenvalue weighted by Crippen LogP contribution is 2.22. The van der Waals surface area contributed by atoms with Crippen molar-refractivity contribution in [1.82, 2.24) is 10.6 Å². The van der Waals surface area contributed by atoms with Gasteiger partial charge in [0.2, 0.25) is 0 Å². The van der Waals surface area contributed by atoms with Gasteiger partial charge in [0.25, 0.3) is 0 Å². The number of rotatable bonds is 8. The first kappa shape index (κ1) is 25.8. The number of thioether (sulfide) groups is 1. The molecule has 0 heterocycles. The monoisotopic (exact) mass is 547 g/mol. The van der Waals surface area contributed by atoms with E-state index in [0.29, 0.717) is 16.7 Å². The maximum atomic E-state index is 11.7. The van der Waals surface area contributed by atoms with Crippen LogP contribution in [0.4, 0.5) is 0 Å². The van der Waals surface area contributed by atoms with Gasteiger partial charge in [0.15, 0.2) is 15.8 Å². The number of aryl methyl sites for hydroxylation is 1. The van der Waals surface area contributed by atoms with Crippen LogP contribution in [0.1, 0.15) is 25.0 Å². The Labute approximate surface area is 196 Å². The molecule has 0 bridgehead atoms. The van der Waals surface area contributed by atoms with Crippen LogP contribution in [0, 0.1) is 6.92 Å². The Hall–Kier alpha value is -1.26. The number of benzene rings is 2. The van der Waals surface area contributed by atoms with E-state index in [4.69, 9.17) is 0 Å². The fraction of sp³-hybridized carbons (Fsp3) is 0.381. The number of nitrogens with one attached hydrogen (secondary N) is 2.